The van der Waals surface area contributed by atoms with E-state index < -0.39 is 17.2 Å². The van der Waals surface area contributed by atoms with Crippen molar-refractivity contribution in [1.82, 2.24) is 0 Å². The second kappa shape index (κ2) is 4.98. The third-order valence-electron chi connectivity index (χ3n) is 3.95. The smallest absolute Gasteiger partial charge is 0.126 e. The van der Waals surface area contributed by atoms with Gasteiger partial charge in [-0.15, -0.1) is 0 Å². The van der Waals surface area contributed by atoms with Crippen molar-refractivity contribution in [2.45, 2.75) is 31.3 Å². The maximum atomic E-state index is 13.2. The summed E-state index contributed by atoms with van der Waals surface area (Å²) in [5, 5.41) is 10.7. The third-order valence-corrected chi connectivity index (χ3v) is 3.95. The van der Waals surface area contributed by atoms with Crippen molar-refractivity contribution in [2.24, 2.45) is 0 Å². The van der Waals surface area contributed by atoms with Gasteiger partial charge in [-0.25, -0.2) is 8.78 Å². The second-order valence-electron chi connectivity index (χ2n) is 5.62. The summed E-state index contributed by atoms with van der Waals surface area (Å²) in [5.41, 5.74) is 1.96. The van der Waals surface area contributed by atoms with E-state index in [9.17, 15) is 13.9 Å². The predicted octanol–water partition coefficient (Wildman–Crippen LogP) is 3.43. The Morgan fingerprint density at radius 2 is 1.65 bits per heavy atom. The first-order valence-electron chi connectivity index (χ1n) is 6.78. The van der Waals surface area contributed by atoms with Gasteiger partial charge in [-0.05, 0) is 41.7 Å². The van der Waals surface area contributed by atoms with E-state index in [1.807, 2.05) is 18.2 Å². The van der Waals surface area contributed by atoms with Gasteiger partial charge in [0.05, 0.1) is 5.60 Å². The Bertz CT molecular complexity index is 618. The molecule has 0 saturated carbocycles. The van der Waals surface area contributed by atoms with E-state index in [1.165, 1.54) is 17.7 Å². The lowest BCUT2D eigenvalue weighted by Crippen LogP contribution is -2.38. The van der Waals surface area contributed by atoms with Gasteiger partial charge in [0.1, 0.15) is 11.6 Å². The van der Waals surface area contributed by atoms with Crippen LogP contribution in [-0.2, 0) is 19.3 Å². The number of hydrogen-bond donors (Lipinski definition) is 1. The minimum absolute atomic E-state index is 0.274. The topological polar surface area (TPSA) is 20.2 Å². The van der Waals surface area contributed by atoms with E-state index in [2.05, 4.69) is 6.07 Å². The number of aryl methyl sites for hydroxylation is 1. The highest BCUT2D eigenvalue weighted by atomic mass is 19.1. The molecule has 2 aromatic carbocycles. The van der Waals surface area contributed by atoms with E-state index in [4.69, 9.17) is 0 Å². The van der Waals surface area contributed by atoms with Crippen LogP contribution in [0.25, 0.3) is 0 Å². The van der Waals surface area contributed by atoms with Crippen LogP contribution in [0.1, 0.15) is 23.1 Å². The van der Waals surface area contributed by atoms with Crippen LogP contribution >= 0.6 is 0 Å². The zero-order chi connectivity index (χ0) is 14.2. The Morgan fingerprint density at radius 3 is 2.35 bits per heavy atom. The predicted molar refractivity (Wildman–Crippen MR) is 73.5 cm³/mol. The molecule has 20 heavy (non-hydrogen) atoms. The van der Waals surface area contributed by atoms with E-state index in [-0.39, 0.29) is 6.42 Å². The minimum atomic E-state index is -0.922. The van der Waals surface area contributed by atoms with E-state index in [0.29, 0.717) is 18.4 Å². The molecule has 104 valence electrons. The Morgan fingerprint density at radius 1 is 1.00 bits per heavy atom. The molecule has 0 amide bonds. The zero-order valence-electron chi connectivity index (χ0n) is 11.1. The monoisotopic (exact) mass is 274 g/mol. The average Bonchev–Trinajstić information content (AvgIpc) is 2.36. The molecule has 0 aliphatic heterocycles. The van der Waals surface area contributed by atoms with Crippen molar-refractivity contribution in [3.63, 3.8) is 0 Å². The number of hydrogen-bond acceptors (Lipinski definition) is 1. The van der Waals surface area contributed by atoms with Crippen LogP contribution < -0.4 is 0 Å². The molecule has 0 heterocycles. The van der Waals surface area contributed by atoms with Crippen molar-refractivity contribution in [2.75, 3.05) is 0 Å². The lowest BCUT2D eigenvalue weighted by Gasteiger charge is -2.33. The zero-order valence-corrected chi connectivity index (χ0v) is 11.1. The third kappa shape index (κ3) is 2.73. The molecule has 3 heteroatoms. The first kappa shape index (κ1) is 13.3. The number of fused-ring (bicyclic) bond motifs is 1. The summed E-state index contributed by atoms with van der Waals surface area (Å²) in [7, 11) is 0. The van der Waals surface area contributed by atoms with Crippen molar-refractivity contribution in [3.8, 4) is 0 Å². The molecule has 0 spiro atoms. The van der Waals surface area contributed by atoms with Crippen LogP contribution in [-0.4, -0.2) is 10.7 Å². The average molecular weight is 274 g/mol. The number of benzene rings is 2. The molecule has 1 aliphatic rings. The van der Waals surface area contributed by atoms with Crippen LogP contribution in [0.15, 0.2) is 42.5 Å². The molecule has 1 atom stereocenters. The fraction of sp³-hybridized carbons (Fsp3) is 0.294. The highest BCUT2D eigenvalue weighted by Gasteiger charge is 2.32. The quantitative estimate of drug-likeness (QED) is 0.889. The fourth-order valence-electron chi connectivity index (χ4n) is 3.03. The Kier molecular flexibility index (Phi) is 3.30. The molecule has 1 unspecified atom stereocenters. The second-order valence-corrected chi connectivity index (χ2v) is 5.62. The summed E-state index contributed by atoms with van der Waals surface area (Å²) >= 11 is 0. The van der Waals surface area contributed by atoms with Gasteiger partial charge in [0, 0.05) is 18.9 Å². The van der Waals surface area contributed by atoms with E-state index >= 15 is 0 Å². The molecule has 0 fully saturated rings. The first-order chi connectivity index (χ1) is 9.54. The van der Waals surface area contributed by atoms with Gasteiger partial charge in [0.15, 0.2) is 0 Å². The van der Waals surface area contributed by atoms with Gasteiger partial charge in [-0.1, -0.05) is 24.3 Å². The Balaban J connectivity index is 1.84. The molecule has 3 rings (SSSR count). The largest absolute Gasteiger partial charge is 0.389 e. The first-order valence-corrected chi connectivity index (χ1v) is 6.78. The molecular weight excluding hydrogens is 258 g/mol. The molecule has 0 bridgehead atoms. The van der Waals surface area contributed by atoms with Crippen LogP contribution in [0.5, 0.6) is 0 Å². The van der Waals surface area contributed by atoms with Crippen molar-refractivity contribution >= 4 is 0 Å². The van der Waals surface area contributed by atoms with Gasteiger partial charge >= 0.3 is 0 Å². The Labute approximate surface area is 116 Å². The van der Waals surface area contributed by atoms with Crippen LogP contribution in [0.2, 0.25) is 0 Å². The van der Waals surface area contributed by atoms with Crippen LogP contribution in [0, 0.1) is 11.6 Å². The minimum Gasteiger partial charge on any atom is -0.389 e. The normalized spacial score (nSPS) is 21.6. The molecule has 1 nitrogen and oxygen atoms in total. The SMILES string of the molecule is OC1(Cc2cc(F)cc(F)c2)CCc2ccccc2C1. The highest BCUT2D eigenvalue weighted by Crippen LogP contribution is 2.31. The number of rotatable bonds is 2. The highest BCUT2D eigenvalue weighted by molar-refractivity contribution is 5.32. The number of halogens is 2. The van der Waals surface area contributed by atoms with E-state index in [1.54, 1.807) is 0 Å². The summed E-state index contributed by atoms with van der Waals surface area (Å²) < 4.78 is 26.4. The maximum Gasteiger partial charge on any atom is 0.126 e. The van der Waals surface area contributed by atoms with Crippen molar-refractivity contribution in [1.29, 1.82) is 0 Å². The lowest BCUT2D eigenvalue weighted by atomic mass is 9.77. The standard InChI is InChI=1S/C17H16F2O/c18-15-7-12(8-16(19)9-15)10-17(20)6-5-13-3-1-2-4-14(13)11-17/h1-4,7-9,20H,5-6,10-11H2. The van der Waals surface area contributed by atoms with Crippen molar-refractivity contribution in [3.05, 3.63) is 70.8 Å². The molecule has 1 aliphatic carbocycles. The lowest BCUT2D eigenvalue weighted by molar-refractivity contribution is 0.0266. The van der Waals surface area contributed by atoms with Gasteiger partial charge in [0.25, 0.3) is 0 Å². The van der Waals surface area contributed by atoms with Gasteiger partial charge < -0.3 is 5.11 Å². The van der Waals surface area contributed by atoms with Crippen LogP contribution in [0.4, 0.5) is 8.78 Å². The summed E-state index contributed by atoms with van der Waals surface area (Å²) in [6.45, 7) is 0. The summed E-state index contributed by atoms with van der Waals surface area (Å²) in [6.07, 6.45) is 2.21. The van der Waals surface area contributed by atoms with Gasteiger partial charge in [0.2, 0.25) is 0 Å². The fourth-order valence-corrected chi connectivity index (χ4v) is 3.03. The van der Waals surface area contributed by atoms with E-state index in [0.717, 1.165) is 18.1 Å². The Hall–Kier alpha value is -1.74. The molecule has 0 aromatic heterocycles. The summed E-state index contributed by atoms with van der Waals surface area (Å²) in [5.74, 6) is -1.19. The van der Waals surface area contributed by atoms with Crippen molar-refractivity contribution < 1.29 is 13.9 Å². The summed E-state index contributed by atoms with van der Waals surface area (Å²) in [6, 6.07) is 11.5. The molecule has 0 saturated heterocycles. The molecule has 2 aromatic rings. The van der Waals surface area contributed by atoms with Gasteiger partial charge in [-0.3, -0.25) is 0 Å². The maximum absolute atomic E-state index is 13.2. The molecular formula is C17H16F2O. The molecule has 0 radical (unpaired) electrons. The number of aliphatic hydroxyl groups is 1. The van der Waals surface area contributed by atoms with Gasteiger partial charge in [-0.2, -0.15) is 0 Å². The summed E-state index contributed by atoms with van der Waals surface area (Å²) in [4.78, 5) is 0. The molecule has 1 N–H and O–H groups in total. The van der Waals surface area contributed by atoms with Crippen LogP contribution in [0.3, 0.4) is 0 Å².